The number of ether oxygens (including phenoxy) is 1. The predicted octanol–water partition coefficient (Wildman–Crippen LogP) is 4.03. The minimum Gasteiger partial charge on any atom is -0.452 e. The van der Waals surface area contributed by atoms with E-state index in [1.54, 1.807) is 0 Å². The van der Waals surface area contributed by atoms with Gasteiger partial charge in [-0.3, -0.25) is 14.9 Å². The molecule has 11 heteroatoms. The van der Waals surface area contributed by atoms with Crippen LogP contribution >= 0.6 is 0 Å². The number of non-ortho nitro benzene ring substituents is 1. The van der Waals surface area contributed by atoms with Gasteiger partial charge in [0.15, 0.2) is 6.61 Å². The molecule has 0 radical (unpaired) electrons. The molecule has 35 heavy (non-hydrogen) atoms. The molecule has 0 aliphatic heterocycles. The second-order valence-electron chi connectivity index (χ2n) is 7.40. The fourth-order valence-corrected chi connectivity index (χ4v) is 4.14. The van der Waals surface area contributed by atoms with Gasteiger partial charge in [-0.1, -0.05) is 31.2 Å². The number of hydrogen-bond donors (Lipinski definition) is 1. The minimum atomic E-state index is -4.34. The van der Waals surface area contributed by atoms with Crippen LogP contribution in [0.2, 0.25) is 0 Å². The number of aryl methyl sites for hydroxylation is 2. The minimum absolute atomic E-state index is 0.0723. The van der Waals surface area contributed by atoms with Crippen LogP contribution in [-0.2, 0) is 26.1 Å². The number of nitro benzene ring substituents is 1. The Labute approximate surface area is 201 Å². The maximum atomic E-state index is 12.4. The number of nitrogens with one attached hydrogen (secondary N) is 1. The summed E-state index contributed by atoms with van der Waals surface area (Å²) in [5.41, 5.74) is 2.20. The number of anilines is 1. The molecule has 0 bridgehead atoms. The number of rotatable bonds is 9. The lowest BCUT2D eigenvalue weighted by Gasteiger charge is -2.13. The summed E-state index contributed by atoms with van der Waals surface area (Å²) in [7, 11) is -4.34. The molecule has 0 heterocycles. The molecule has 1 N–H and O–H groups in total. The molecular formula is C24H22N2O8S. The maximum absolute atomic E-state index is 12.4. The van der Waals surface area contributed by atoms with Gasteiger partial charge in [0.2, 0.25) is 0 Å². The second-order valence-corrected chi connectivity index (χ2v) is 8.95. The molecule has 0 atom stereocenters. The number of carbonyl (C=O) groups is 2. The van der Waals surface area contributed by atoms with Gasteiger partial charge in [0.05, 0.1) is 10.5 Å². The largest absolute Gasteiger partial charge is 0.452 e. The van der Waals surface area contributed by atoms with Crippen LogP contribution in [0, 0.1) is 17.0 Å². The van der Waals surface area contributed by atoms with Crippen LogP contribution in [0.5, 0.6) is 5.75 Å². The van der Waals surface area contributed by atoms with Gasteiger partial charge in [-0.25, -0.2) is 4.79 Å². The first-order valence-corrected chi connectivity index (χ1v) is 11.9. The number of para-hydroxylation sites is 1. The smallest absolute Gasteiger partial charge is 0.339 e. The SMILES string of the molecule is CCc1cccc(C)c1NC(=O)COC(=O)c1ccc(OS(=O)(=O)c2cccc([N+](=O)[O-])c2)cc1. The topological polar surface area (TPSA) is 142 Å². The van der Waals surface area contributed by atoms with Crippen LogP contribution in [0.1, 0.15) is 28.4 Å². The molecule has 0 unspecified atom stereocenters. The first kappa shape index (κ1) is 25.4. The highest BCUT2D eigenvalue weighted by Crippen LogP contribution is 2.23. The van der Waals surface area contributed by atoms with Gasteiger partial charge in [-0.05, 0) is 54.8 Å². The predicted molar refractivity (Wildman–Crippen MR) is 127 cm³/mol. The van der Waals surface area contributed by atoms with Crippen molar-refractivity contribution in [3.8, 4) is 5.75 Å². The quantitative estimate of drug-likeness (QED) is 0.202. The zero-order chi connectivity index (χ0) is 25.6. The number of hydrogen-bond acceptors (Lipinski definition) is 8. The third-order valence-electron chi connectivity index (χ3n) is 4.95. The molecule has 0 aromatic heterocycles. The molecule has 0 saturated heterocycles. The van der Waals surface area contributed by atoms with E-state index in [4.69, 9.17) is 8.92 Å². The maximum Gasteiger partial charge on any atom is 0.339 e. The highest BCUT2D eigenvalue weighted by Gasteiger charge is 2.20. The molecule has 10 nitrogen and oxygen atoms in total. The average Bonchev–Trinajstić information content (AvgIpc) is 2.84. The summed E-state index contributed by atoms with van der Waals surface area (Å²) in [6, 6.07) is 15.1. The standard InChI is InChI=1S/C24H22N2O8S/c1-3-17-7-4-6-16(2)23(17)25-22(27)15-33-24(28)18-10-12-20(13-11-18)34-35(31,32)21-9-5-8-19(14-21)26(29)30/h4-14H,3,15H2,1-2H3,(H,25,27). The van der Waals surface area contributed by atoms with Crippen molar-refractivity contribution < 1.29 is 31.9 Å². The Balaban J connectivity index is 1.61. The van der Waals surface area contributed by atoms with Gasteiger partial charge in [0.1, 0.15) is 10.6 Å². The Morgan fingerprint density at radius 3 is 2.37 bits per heavy atom. The van der Waals surface area contributed by atoms with Crippen LogP contribution in [0.25, 0.3) is 0 Å². The van der Waals surface area contributed by atoms with Crippen molar-refractivity contribution in [2.24, 2.45) is 0 Å². The summed E-state index contributed by atoms with van der Waals surface area (Å²) in [4.78, 5) is 34.3. The second kappa shape index (κ2) is 10.8. The zero-order valence-corrected chi connectivity index (χ0v) is 19.7. The first-order valence-electron chi connectivity index (χ1n) is 10.4. The van der Waals surface area contributed by atoms with E-state index in [9.17, 15) is 28.1 Å². The van der Waals surface area contributed by atoms with Gasteiger partial charge in [0, 0.05) is 17.8 Å². The Hall–Kier alpha value is -4.25. The van der Waals surface area contributed by atoms with Crippen molar-refractivity contribution in [3.05, 3.63) is 93.5 Å². The van der Waals surface area contributed by atoms with Crippen molar-refractivity contribution in [2.75, 3.05) is 11.9 Å². The van der Waals surface area contributed by atoms with Crippen molar-refractivity contribution >= 4 is 33.4 Å². The van der Waals surface area contributed by atoms with E-state index < -0.39 is 39.2 Å². The molecule has 0 spiro atoms. The van der Waals surface area contributed by atoms with E-state index in [2.05, 4.69) is 5.32 Å². The molecule has 0 aliphatic carbocycles. The Bertz CT molecular complexity index is 1370. The normalized spacial score (nSPS) is 10.9. The lowest BCUT2D eigenvalue weighted by Crippen LogP contribution is -2.22. The summed E-state index contributed by atoms with van der Waals surface area (Å²) in [6.07, 6.45) is 0.725. The Morgan fingerprint density at radius 2 is 1.71 bits per heavy atom. The van der Waals surface area contributed by atoms with Crippen LogP contribution < -0.4 is 9.50 Å². The lowest BCUT2D eigenvalue weighted by atomic mass is 10.1. The molecule has 0 saturated carbocycles. The van der Waals surface area contributed by atoms with Crippen molar-refractivity contribution in [3.63, 3.8) is 0 Å². The van der Waals surface area contributed by atoms with Gasteiger partial charge >= 0.3 is 16.1 Å². The summed E-state index contributed by atoms with van der Waals surface area (Å²) in [5, 5.41) is 13.6. The lowest BCUT2D eigenvalue weighted by molar-refractivity contribution is -0.385. The Morgan fingerprint density at radius 1 is 1.03 bits per heavy atom. The fraction of sp³-hybridized carbons (Fsp3) is 0.167. The van der Waals surface area contributed by atoms with E-state index in [1.807, 2.05) is 32.0 Å². The Kier molecular flexibility index (Phi) is 7.82. The van der Waals surface area contributed by atoms with Crippen LogP contribution in [0.3, 0.4) is 0 Å². The summed E-state index contributed by atoms with van der Waals surface area (Å²) < 4.78 is 34.9. The molecular weight excluding hydrogens is 476 g/mol. The number of nitro groups is 1. The molecule has 3 aromatic carbocycles. The van der Waals surface area contributed by atoms with E-state index in [0.717, 1.165) is 29.7 Å². The number of nitrogens with zero attached hydrogens (tertiary/aromatic N) is 1. The average molecular weight is 499 g/mol. The van der Waals surface area contributed by atoms with Gasteiger partial charge < -0.3 is 14.2 Å². The molecule has 182 valence electrons. The van der Waals surface area contributed by atoms with Gasteiger partial charge in [-0.2, -0.15) is 8.42 Å². The van der Waals surface area contributed by atoms with E-state index in [0.29, 0.717) is 5.69 Å². The molecule has 1 amide bonds. The monoisotopic (exact) mass is 498 g/mol. The van der Waals surface area contributed by atoms with Crippen LogP contribution in [0.15, 0.2) is 71.6 Å². The summed E-state index contributed by atoms with van der Waals surface area (Å²) >= 11 is 0. The number of carbonyl (C=O) groups excluding carboxylic acids is 2. The number of benzene rings is 3. The third-order valence-corrected chi connectivity index (χ3v) is 6.19. The van der Waals surface area contributed by atoms with E-state index in [1.165, 1.54) is 36.4 Å². The van der Waals surface area contributed by atoms with Gasteiger partial charge in [0.25, 0.3) is 11.6 Å². The van der Waals surface area contributed by atoms with E-state index in [-0.39, 0.29) is 16.2 Å². The van der Waals surface area contributed by atoms with Crippen molar-refractivity contribution in [1.82, 2.24) is 0 Å². The van der Waals surface area contributed by atoms with Crippen molar-refractivity contribution in [2.45, 2.75) is 25.2 Å². The third kappa shape index (κ3) is 6.42. The number of esters is 1. The van der Waals surface area contributed by atoms with Crippen LogP contribution in [0.4, 0.5) is 11.4 Å². The fourth-order valence-electron chi connectivity index (χ4n) is 3.17. The van der Waals surface area contributed by atoms with E-state index >= 15 is 0 Å². The van der Waals surface area contributed by atoms with Crippen molar-refractivity contribution in [1.29, 1.82) is 0 Å². The summed E-state index contributed by atoms with van der Waals surface area (Å²) in [5.74, 6) is -1.39. The number of amides is 1. The molecule has 3 aromatic rings. The molecule has 3 rings (SSSR count). The molecule has 0 fully saturated rings. The van der Waals surface area contributed by atoms with Crippen LogP contribution in [-0.4, -0.2) is 31.8 Å². The highest BCUT2D eigenvalue weighted by molar-refractivity contribution is 7.87. The zero-order valence-electron chi connectivity index (χ0n) is 18.9. The summed E-state index contributed by atoms with van der Waals surface area (Å²) in [6.45, 7) is 3.33. The highest BCUT2D eigenvalue weighted by atomic mass is 32.2. The first-order chi connectivity index (χ1) is 16.6. The molecule has 0 aliphatic rings. The van der Waals surface area contributed by atoms with Gasteiger partial charge in [-0.15, -0.1) is 0 Å².